The minimum Gasteiger partial charge on any atom is -0.497 e. The summed E-state index contributed by atoms with van der Waals surface area (Å²) in [7, 11) is 1.70. The number of ether oxygens (including phenoxy) is 2. The number of allylic oxidation sites excluding steroid dienone is 2. The molecule has 7 aliphatic rings. The van der Waals surface area contributed by atoms with Crippen LogP contribution in [0.25, 0.3) is 0 Å². The van der Waals surface area contributed by atoms with Gasteiger partial charge in [-0.2, -0.15) is 0 Å². The summed E-state index contributed by atoms with van der Waals surface area (Å²) in [6, 6.07) is 8.03. The number of methoxy groups -OCH3 is 1. The second-order valence-corrected chi connectivity index (χ2v) is 21.1. The molecule has 8 rings (SSSR count). The number of fused-ring (bicyclic) bond motifs is 5. The molecule has 0 N–H and O–H groups in total. The van der Waals surface area contributed by atoms with E-state index in [-0.39, 0.29) is 10.8 Å². The fourth-order valence-corrected chi connectivity index (χ4v) is 15.7. The van der Waals surface area contributed by atoms with Crippen LogP contribution in [-0.4, -0.2) is 19.8 Å². The lowest BCUT2D eigenvalue weighted by Crippen LogP contribution is -2.67. The van der Waals surface area contributed by atoms with Gasteiger partial charge in [0.15, 0.2) is 0 Å². The maximum absolute atomic E-state index is 6.86. The molecule has 10 atom stereocenters. The van der Waals surface area contributed by atoms with Crippen LogP contribution in [0.4, 0.5) is 0 Å². The largest absolute Gasteiger partial charge is 0.497 e. The molecule has 0 spiro atoms. The first kappa shape index (κ1) is 29.4. The van der Waals surface area contributed by atoms with Crippen molar-refractivity contribution < 1.29 is 18.5 Å². The van der Waals surface area contributed by atoms with Crippen molar-refractivity contribution in [1.82, 2.24) is 0 Å². The highest BCUT2D eigenvalue weighted by atomic mass is 32.5. The lowest BCUT2D eigenvalue weighted by atomic mass is 9.32. The second-order valence-electron chi connectivity index (χ2n) is 17.8. The summed E-state index contributed by atoms with van der Waals surface area (Å²) in [6.07, 6.45) is 12.1. The van der Waals surface area contributed by atoms with Gasteiger partial charge in [0.2, 0.25) is 0 Å². The maximum Gasteiger partial charge on any atom is 0.319 e. The van der Waals surface area contributed by atoms with Gasteiger partial charge in [0.05, 0.1) is 25.1 Å². The maximum atomic E-state index is 6.86. The molecule has 1 unspecified atom stereocenters. The van der Waals surface area contributed by atoms with E-state index in [9.17, 15) is 0 Å². The van der Waals surface area contributed by atoms with Crippen molar-refractivity contribution in [1.29, 1.82) is 0 Å². The summed E-state index contributed by atoms with van der Waals surface area (Å²) >= 11 is 6.24. The summed E-state index contributed by atoms with van der Waals surface area (Å²) in [5, 5.41) is 0.975. The highest BCUT2D eigenvalue weighted by Gasteiger charge is 2.73. The SMILES string of the molecule is COc1ccc(P2(=S)OC3=C(O2)C(C)(C)[C@@H]2CC[C@]4(C)[C@H](CC[C@@H]5[C@H]6[C@H]7OC[C@@]6(CCC7(C)C)CC[C@]54C)[C@@]2(C)C3)cc1. The van der Waals surface area contributed by atoms with Crippen LogP contribution in [0.3, 0.4) is 0 Å². The zero-order valence-corrected chi connectivity index (χ0v) is 29.5. The molecule has 236 valence electrons. The van der Waals surface area contributed by atoms with Crippen molar-refractivity contribution >= 4 is 23.6 Å². The van der Waals surface area contributed by atoms with Crippen LogP contribution >= 0.6 is 6.49 Å². The van der Waals surface area contributed by atoms with Crippen LogP contribution < -0.4 is 10.0 Å². The van der Waals surface area contributed by atoms with Gasteiger partial charge in [-0.3, -0.25) is 0 Å². The Bertz CT molecular complexity index is 1430. The Morgan fingerprint density at radius 1 is 0.814 bits per heavy atom. The van der Waals surface area contributed by atoms with E-state index in [4.69, 9.17) is 30.3 Å². The number of benzene rings is 1. The number of rotatable bonds is 2. The van der Waals surface area contributed by atoms with Gasteiger partial charge in [0, 0.05) is 11.8 Å². The van der Waals surface area contributed by atoms with Gasteiger partial charge in [0.25, 0.3) is 0 Å². The normalized spacial score (nSPS) is 50.3. The summed E-state index contributed by atoms with van der Waals surface area (Å²) in [5.74, 6) is 5.67. The Hall–Kier alpha value is -1.03. The fourth-order valence-electron chi connectivity index (χ4n) is 13.1. The van der Waals surface area contributed by atoms with E-state index in [0.29, 0.717) is 39.6 Å². The van der Waals surface area contributed by atoms with Crippen molar-refractivity contribution in [2.75, 3.05) is 13.7 Å². The Morgan fingerprint density at radius 3 is 2.26 bits per heavy atom. The predicted octanol–water partition coefficient (Wildman–Crippen LogP) is 9.39. The number of hydrogen-bond acceptors (Lipinski definition) is 5. The molecule has 2 bridgehead atoms. The summed E-state index contributed by atoms with van der Waals surface area (Å²) in [4.78, 5) is 0. The Morgan fingerprint density at radius 2 is 1.53 bits per heavy atom. The quantitative estimate of drug-likeness (QED) is 0.307. The molecular weight excluding hydrogens is 571 g/mol. The van der Waals surface area contributed by atoms with Gasteiger partial charge < -0.3 is 18.5 Å². The standard InChI is InChI=1S/C37H53O4PS/c1-32(2)17-19-37-20-18-35(6)25(29(37)31(32)39-22-37)13-14-28-34(5)21-26-30(33(3,4)27(34)15-16-36(28,35)7)41-42(43,40-26)24-11-9-23(38-8)10-12-24/h9-12,25,27-29,31H,13-22H2,1-8H3/t25-,27+,28-,29+,31-,34+,35-,36-,37-,42?/m1/s1. The summed E-state index contributed by atoms with van der Waals surface area (Å²) in [5.41, 5.74) is 1.45. The minimum atomic E-state index is -2.66. The predicted molar refractivity (Wildman–Crippen MR) is 176 cm³/mol. The molecule has 43 heavy (non-hydrogen) atoms. The summed E-state index contributed by atoms with van der Waals surface area (Å²) < 4.78 is 25.9. The third kappa shape index (κ3) is 3.57. The van der Waals surface area contributed by atoms with Gasteiger partial charge >= 0.3 is 6.49 Å². The molecular formula is C37H53O4PS. The third-order valence-corrected chi connectivity index (χ3v) is 18.4. The van der Waals surface area contributed by atoms with Gasteiger partial charge in [-0.1, -0.05) is 48.5 Å². The minimum absolute atomic E-state index is 0.106. The van der Waals surface area contributed by atoms with E-state index < -0.39 is 6.49 Å². The zero-order chi connectivity index (χ0) is 30.4. The Kier molecular flexibility index (Phi) is 6.05. The smallest absolute Gasteiger partial charge is 0.319 e. The first-order chi connectivity index (χ1) is 20.1. The zero-order valence-electron chi connectivity index (χ0n) is 27.8. The highest BCUT2D eigenvalue weighted by Crippen LogP contribution is 2.79. The molecule has 4 nitrogen and oxygen atoms in total. The first-order valence-electron chi connectivity index (χ1n) is 17.1. The van der Waals surface area contributed by atoms with Gasteiger partial charge in [0.1, 0.15) is 17.3 Å². The van der Waals surface area contributed by atoms with Crippen LogP contribution in [0.1, 0.15) is 106 Å². The van der Waals surface area contributed by atoms with Crippen LogP contribution in [-0.2, 0) is 25.6 Å². The first-order valence-corrected chi connectivity index (χ1v) is 19.8. The lowest BCUT2D eigenvalue weighted by Gasteiger charge is -2.72. The molecule has 0 amide bonds. The van der Waals surface area contributed by atoms with Crippen LogP contribution in [0.2, 0.25) is 0 Å². The fraction of sp³-hybridized carbons (Fsp3) is 0.784. The topological polar surface area (TPSA) is 36.9 Å². The van der Waals surface area contributed by atoms with E-state index in [2.05, 4.69) is 48.5 Å². The molecule has 1 saturated heterocycles. The van der Waals surface area contributed by atoms with Crippen molar-refractivity contribution in [3.05, 3.63) is 35.8 Å². The molecule has 0 radical (unpaired) electrons. The Labute approximate surface area is 265 Å². The molecule has 4 saturated carbocycles. The molecule has 2 aliphatic heterocycles. The van der Waals surface area contributed by atoms with Gasteiger partial charge in [-0.05, 0) is 138 Å². The molecule has 0 aromatic heterocycles. The lowest BCUT2D eigenvalue weighted by molar-refractivity contribution is -0.237. The molecule has 1 aromatic rings. The van der Waals surface area contributed by atoms with Crippen LogP contribution in [0.15, 0.2) is 35.8 Å². The van der Waals surface area contributed by atoms with E-state index in [1.54, 1.807) is 7.11 Å². The highest BCUT2D eigenvalue weighted by molar-refractivity contribution is 8.13. The van der Waals surface area contributed by atoms with Crippen molar-refractivity contribution in [3.8, 4) is 5.75 Å². The van der Waals surface area contributed by atoms with Crippen LogP contribution in [0, 0.1) is 56.2 Å². The molecule has 1 aromatic carbocycles. The van der Waals surface area contributed by atoms with E-state index >= 15 is 0 Å². The van der Waals surface area contributed by atoms with Gasteiger partial charge in [-0.25, -0.2) is 0 Å². The monoisotopic (exact) mass is 624 g/mol. The van der Waals surface area contributed by atoms with E-state index in [0.717, 1.165) is 47.4 Å². The molecule has 5 aliphatic carbocycles. The Balaban J connectivity index is 1.14. The molecule has 6 heteroatoms. The number of hydrogen-bond donors (Lipinski definition) is 0. The average Bonchev–Trinajstić information content (AvgIpc) is 3.48. The van der Waals surface area contributed by atoms with Crippen LogP contribution in [0.5, 0.6) is 5.75 Å². The average molecular weight is 625 g/mol. The third-order valence-electron chi connectivity index (χ3n) is 15.5. The molecule has 5 fully saturated rings. The molecule has 2 heterocycles. The second kappa shape index (κ2) is 8.86. The van der Waals surface area contributed by atoms with E-state index in [1.807, 2.05) is 24.3 Å². The van der Waals surface area contributed by atoms with Crippen molar-refractivity contribution in [2.24, 2.45) is 56.2 Å². The van der Waals surface area contributed by atoms with Crippen molar-refractivity contribution in [2.45, 2.75) is 112 Å². The van der Waals surface area contributed by atoms with Crippen molar-refractivity contribution in [3.63, 3.8) is 0 Å². The van der Waals surface area contributed by atoms with Gasteiger partial charge in [-0.15, -0.1) is 0 Å². The van der Waals surface area contributed by atoms with E-state index in [1.165, 1.54) is 51.4 Å². The summed E-state index contributed by atoms with van der Waals surface area (Å²) in [6.45, 7) is 16.3.